The predicted molar refractivity (Wildman–Crippen MR) is 88.1 cm³/mol. The van der Waals surface area contributed by atoms with E-state index in [-0.39, 0.29) is 11.1 Å². The van der Waals surface area contributed by atoms with Gasteiger partial charge in [-0.15, -0.1) is 10.2 Å². The largest absolute Gasteiger partial charge is 0.496 e. The molecule has 0 aliphatic heterocycles. The Morgan fingerprint density at radius 1 is 1.39 bits per heavy atom. The number of nitro benzene ring substituents is 1. The monoisotopic (exact) mass is 337 g/mol. The quantitative estimate of drug-likeness (QED) is 0.386. The van der Waals surface area contributed by atoms with Crippen LogP contribution < -0.4 is 10.6 Å². The third kappa shape index (κ3) is 3.73. The van der Waals surface area contributed by atoms with Gasteiger partial charge in [0.1, 0.15) is 5.75 Å². The molecule has 1 heterocycles. The summed E-state index contributed by atoms with van der Waals surface area (Å²) in [6.07, 6.45) is 0. The van der Waals surface area contributed by atoms with E-state index in [9.17, 15) is 10.1 Å². The van der Waals surface area contributed by atoms with Gasteiger partial charge in [0, 0.05) is 28.9 Å². The second-order valence-corrected chi connectivity index (χ2v) is 6.91. The minimum atomic E-state index is -0.434. The van der Waals surface area contributed by atoms with E-state index in [1.807, 2.05) is 20.8 Å². The number of benzene rings is 1. The second-order valence-electron chi connectivity index (χ2n) is 5.97. The molecule has 1 aromatic carbocycles. The topological polar surface area (TPSA) is 109 Å². The third-order valence-corrected chi connectivity index (χ3v) is 4.16. The molecule has 0 radical (unpaired) electrons. The number of ether oxygens (including phenoxy) is 1. The van der Waals surface area contributed by atoms with Crippen LogP contribution in [0.25, 0.3) is 0 Å². The van der Waals surface area contributed by atoms with Crippen LogP contribution in [0.15, 0.2) is 23.4 Å². The number of nitrogen functional groups attached to an aromatic ring is 1. The van der Waals surface area contributed by atoms with E-state index >= 15 is 0 Å². The Balaban J connectivity index is 2.23. The minimum Gasteiger partial charge on any atom is -0.496 e. The summed E-state index contributed by atoms with van der Waals surface area (Å²) < 4.78 is 6.70. The van der Waals surface area contributed by atoms with Crippen molar-refractivity contribution in [3.05, 3.63) is 39.7 Å². The first-order valence-electron chi connectivity index (χ1n) is 6.89. The van der Waals surface area contributed by atoms with Crippen molar-refractivity contribution in [1.29, 1.82) is 0 Å². The Kier molecular flexibility index (Phi) is 4.79. The lowest BCUT2D eigenvalue weighted by Gasteiger charge is -2.16. The van der Waals surface area contributed by atoms with Gasteiger partial charge in [-0.25, -0.2) is 4.68 Å². The first kappa shape index (κ1) is 17.1. The van der Waals surface area contributed by atoms with Crippen molar-refractivity contribution in [2.75, 3.05) is 13.0 Å². The fourth-order valence-corrected chi connectivity index (χ4v) is 2.85. The lowest BCUT2D eigenvalue weighted by Crippen LogP contribution is -2.24. The van der Waals surface area contributed by atoms with E-state index in [4.69, 9.17) is 10.6 Å². The van der Waals surface area contributed by atoms with E-state index in [0.29, 0.717) is 28.0 Å². The van der Waals surface area contributed by atoms with E-state index in [1.54, 1.807) is 6.07 Å². The summed E-state index contributed by atoms with van der Waals surface area (Å²) in [6.45, 7) is 6.00. The average Bonchev–Trinajstić information content (AvgIpc) is 2.85. The number of nitro groups is 1. The molecule has 0 bridgehead atoms. The molecule has 0 aliphatic carbocycles. The first-order chi connectivity index (χ1) is 10.7. The van der Waals surface area contributed by atoms with Gasteiger partial charge in [0.25, 0.3) is 5.69 Å². The predicted octanol–water partition coefficient (Wildman–Crippen LogP) is 2.50. The molecule has 1 aromatic heterocycles. The maximum atomic E-state index is 10.9. The summed E-state index contributed by atoms with van der Waals surface area (Å²) in [5.74, 6) is 7.73. The zero-order valence-corrected chi connectivity index (χ0v) is 14.3. The van der Waals surface area contributed by atoms with Crippen LogP contribution in [0.2, 0.25) is 0 Å². The van der Waals surface area contributed by atoms with Crippen LogP contribution in [-0.2, 0) is 11.2 Å². The average molecular weight is 337 g/mol. The third-order valence-electron chi connectivity index (χ3n) is 3.17. The smallest absolute Gasteiger partial charge is 0.270 e. The highest BCUT2D eigenvalue weighted by atomic mass is 32.2. The Morgan fingerprint density at radius 2 is 2.09 bits per heavy atom. The number of rotatable bonds is 5. The van der Waals surface area contributed by atoms with Crippen molar-refractivity contribution in [3.8, 4) is 5.75 Å². The summed E-state index contributed by atoms with van der Waals surface area (Å²) >= 11 is 1.35. The Morgan fingerprint density at radius 3 is 2.61 bits per heavy atom. The molecule has 2 aromatic rings. The summed E-state index contributed by atoms with van der Waals surface area (Å²) in [4.78, 5) is 10.5. The molecule has 0 unspecified atom stereocenters. The van der Waals surface area contributed by atoms with Gasteiger partial charge in [0.05, 0.1) is 12.0 Å². The van der Waals surface area contributed by atoms with Crippen LogP contribution in [0.3, 0.4) is 0 Å². The number of thioether (sulfide) groups is 1. The van der Waals surface area contributed by atoms with Crippen molar-refractivity contribution in [3.63, 3.8) is 0 Å². The van der Waals surface area contributed by atoms with Crippen LogP contribution in [0.5, 0.6) is 5.75 Å². The molecular formula is C14H19N5O3S. The fraction of sp³-hybridized carbons (Fsp3) is 0.429. The molecule has 0 fully saturated rings. The molecule has 0 aliphatic rings. The van der Waals surface area contributed by atoms with Crippen molar-refractivity contribution in [2.45, 2.75) is 37.1 Å². The van der Waals surface area contributed by atoms with Gasteiger partial charge < -0.3 is 10.6 Å². The van der Waals surface area contributed by atoms with E-state index in [1.165, 1.54) is 35.7 Å². The Hall–Kier alpha value is -2.29. The standard InChI is InChI=1S/C14H19N5O3S/c1-14(2,3)12-16-17-13(18(12)15)23-8-9-7-10(19(20)21)5-6-11(9)22-4/h5-7H,8,15H2,1-4H3. The summed E-state index contributed by atoms with van der Waals surface area (Å²) in [5.41, 5.74) is 0.502. The molecule has 0 atom stereocenters. The fourth-order valence-electron chi connectivity index (χ4n) is 2.02. The molecule has 124 valence electrons. The first-order valence-corrected chi connectivity index (χ1v) is 7.87. The van der Waals surface area contributed by atoms with Crippen molar-refractivity contribution in [2.24, 2.45) is 0 Å². The van der Waals surface area contributed by atoms with Gasteiger partial charge in [-0.1, -0.05) is 32.5 Å². The molecule has 8 nitrogen and oxygen atoms in total. The number of hydrogen-bond acceptors (Lipinski definition) is 7. The Labute approximate surface area is 138 Å². The number of methoxy groups -OCH3 is 1. The SMILES string of the molecule is COc1ccc([N+](=O)[O-])cc1CSc1nnc(C(C)(C)C)n1N. The second kappa shape index (κ2) is 6.45. The number of nitrogens with two attached hydrogens (primary N) is 1. The minimum absolute atomic E-state index is 0.0194. The van der Waals surface area contributed by atoms with Crippen LogP contribution in [0.1, 0.15) is 32.2 Å². The highest BCUT2D eigenvalue weighted by Gasteiger charge is 2.23. The zero-order chi connectivity index (χ0) is 17.2. The maximum absolute atomic E-state index is 10.9. The van der Waals surface area contributed by atoms with Gasteiger partial charge in [-0.05, 0) is 6.07 Å². The molecule has 23 heavy (non-hydrogen) atoms. The lowest BCUT2D eigenvalue weighted by molar-refractivity contribution is -0.384. The van der Waals surface area contributed by atoms with Gasteiger partial charge in [-0.3, -0.25) is 10.1 Å². The summed E-state index contributed by atoms with van der Waals surface area (Å²) in [5, 5.41) is 19.7. The van der Waals surface area contributed by atoms with Crippen LogP contribution >= 0.6 is 11.8 Å². The number of non-ortho nitro benzene ring substituents is 1. The number of aromatic nitrogens is 3. The van der Waals surface area contributed by atoms with Crippen molar-refractivity contribution >= 4 is 17.4 Å². The zero-order valence-electron chi connectivity index (χ0n) is 13.4. The summed E-state index contributed by atoms with van der Waals surface area (Å²) in [6, 6.07) is 4.49. The van der Waals surface area contributed by atoms with Gasteiger partial charge >= 0.3 is 0 Å². The van der Waals surface area contributed by atoms with Crippen molar-refractivity contribution in [1.82, 2.24) is 14.9 Å². The molecule has 0 amide bonds. The molecule has 0 saturated heterocycles. The normalized spacial score (nSPS) is 11.5. The van der Waals surface area contributed by atoms with Crippen LogP contribution in [0.4, 0.5) is 5.69 Å². The number of nitrogens with zero attached hydrogens (tertiary/aromatic N) is 4. The van der Waals surface area contributed by atoms with E-state index in [0.717, 1.165) is 0 Å². The van der Waals surface area contributed by atoms with Gasteiger partial charge in [-0.2, -0.15) is 0 Å². The van der Waals surface area contributed by atoms with Crippen LogP contribution in [0, 0.1) is 10.1 Å². The molecule has 2 N–H and O–H groups in total. The van der Waals surface area contributed by atoms with Crippen LogP contribution in [-0.4, -0.2) is 26.9 Å². The number of hydrogen-bond donors (Lipinski definition) is 1. The maximum Gasteiger partial charge on any atom is 0.270 e. The highest BCUT2D eigenvalue weighted by Crippen LogP contribution is 2.31. The summed E-state index contributed by atoms with van der Waals surface area (Å²) in [7, 11) is 1.53. The van der Waals surface area contributed by atoms with E-state index < -0.39 is 4.92 Å². The van der Waals surface area contributed by atoms with Crippen molar-refractivity contribution < 1.29 is 9.66 Å². The van der Waals surface area contributed by atoms with E-state index in [2.05, 4.69) is 10.2 Å². The highest BCUT2D eigenvalue weighted by molar-refractivity contribution is 7.98. The molecule has 9 heteroatoms. The molecule has 0 saturated carbocycles. The van der Waals surface area contributed by atoms with Gasteiger partial charge in [0.15, 0.2) is 5.82 Å². The molecule has 2 rings (SSSR count). The molecular weight excluding hydrogens is 318 g/mol. The lowest BCUT2D eigenvalue weighted by atomic mass is 9.96. The molecule has 0 spiro atoms. The Bertz CT molecular complexity index is 724. The van der Waals surface area contributed by atoms with Gasteiger partial charge in [0.2, 0.25) is 5.16 Å².